The molecule has 0 aromatic heterocycles. The van der Waals surface area contributed by atoms with Crippen molar-refractivity contribution in [3.05, 3.63) is 0 Å². The van der Waals surface area contributed by atoms with Gasteiger partial charge in [-0.1, -0.05) is 25.4 Å². The lowest BCUT2D eigenvalue weighted by atomic mass is 10.1. The summed E-state index contributed by atoms with van der Waals surface area (Å²) in [6, 6.07) is 0. The van der Waals surface area contributed by atoms with Crippen molar-refractivity contribution in [1.82, 2.24) is 0 Å². The van der Waals surface area contributed by atoms with Crippen LogP contribution >= 0.6 is 0 Å². The molecular weight excluding hydrogens is 170 g/mol. The van der Waals surface area contributed by atoms with Crippen molar-refractivity contribution in [2.24, 2.45) is 11.1 Å². The zero-order valence-electron chi connectivity index (χ0n) is 8.45. The van der Waals surface area contributed by atoms with Crippen molar-refractivity contribution >= 4 is 12.0 Å². The molecule has 0 saturated carbocycles. The van der Waals surface area contributed by atoms with Gasteiger partial charge in [-0.2, -0.15) is 0 Å². The molecule has 0 aliphatic rings. The van der Waals surface area contributed by atoms with Crippen LogP contribution in [0.5, 0.6) is 0 Å². The van der Waals surface area contributed by atoms with E-state index in [1.165, 1.54) is 6.92 Å². The summed E-state index contributed by atoms with van der Waals surface area (Å²) in [5.74, 6) is 0.391. The lowest BCUT2D eigenvalue weighted by Crippen LogP contribution is -2.06. The van der Waals surface area contributed by atoms with Crippen LogP contribution in [0.25, 0.3) is 0 Å². The van der Waals surface area contributed by atoms with Gasteiger partial charge in [0.15, 0.2) is 5.78 Å². The van der Waals surface area contributed by atoms with Gasteiger partial charge in [0.05, 0.1) is 6.61 Å². The number of carbonyl (C=O) groups is 1. The summed E-state index contributed by atoms with van der Waals surface area (Å²) in [7, 11) is 0. The lowest BCUT2D eigenvalue weighted by Gasteiger charge is -2.07. The topological polar surface area (TPSA) is 47.9 Å². The van der Waals surface area contributed by atoms with E-state index in [1.807, 2.05) is 0 Å². The van der Waals surface area contributed by atoms with Gasteiger partial charge in [-0.05, 0) is 5.92 Å². The molecule has 1 unspecified atom stereocenters. The van der Waals surface area contributed by atoms with E-state index < -0.39 is 0 Å². The molecule has 0 fully saturated rings. The normalized spacial score (nSPS) is 13.2. The Morgan fingerprint density at radius 1 is 1.62 bits per heavy atom. The zero-order chi connectivity index (χ0) is 10.1. The number of ketones is 1. The van der Waals surface area contributed by atoms with Crippen molar-refractivity contribution < 1.29 is 14.4 Å². The number of carbonyl (C=O) groups excluding carboxylic acids is 1. The molecule has 4 heteroatoms. The lowest BCUT2D eigenvalue weighted by molar-refractivity contribution is -0.111. The number of hydrogen-bond donors (Lipinski definition) is 0. The molecule has 0 N–H and O–H groups in total. The standard InChI is InChI=1S/C9H17NO3/c1-4-8(2)6-12-7-13-10-5-9(3)11/h5,8H,4,6-7H2,1-3H3/b10-5-. The van der Waals surface area contributed by atoms with Gasteiger partial charge in [0.25, 0.3) is 0 Å². The second kappa shape index (κ2) is 7.73. The first-order chi connectivity index (χ1) is 6.16. The largest absolute Gasteiger partial charge is 0.367 e. The second-order valence-electron chi connectivity index (χ2n) is 2.98. The van der Waals surface area contributed by atoms with Crippen molar-refractivity contribution in [2.75, 3.05) is 13.4 Å². The third kappa shape index (κ3) is 9.01. The highest BCUT2D eigenvalue weighted by Crippen LogP contribution is 1.99. The van der Waals surface area contributed by atoms with Gasteiger partial charge in [-0.3, -0.25) is 4.79 Å². The molecule has 0 bridgehead atoms. The van der Waals surface area contributed by atoms with Crippen LogP contribution < -0.4 is 0 Å². The first kappa shape index (κ1) is 12.1. The van der Waals surface area contributed by atoms with Crippen LogP contribution in [-0.2, 0) is 14.4 Å². The van der Waals surface area contributed by atoms with E-state index in [1.54, 1.807) is 0 Å². The SMILES string of the molecule is CCC(C)COCO/N=C\C(C)=O. The molecule has 0 heterocycles. The quantitative estimate of drug-likeness (QED) is 0.263. The van der Waals surface area contributed by atoms with Gasteiger partial charge in [0.2, 0.25) is 6.79 Å². The van der Waals surface area contributed by atoms with Gasteiger partial charge in [0, 0.05) is 6.92 Å². The number of oxime groups is 1. The third-order valence-corrected chi connectivity index (χ3v) is 1.54. The molecule has 0 saturated heterocycles. The summed E-state index contributed by atoms with van der Waals surface area (Å²) in [5.41, 5.74) is 0. The monoisotopic (exact) mass is 187 g/mol. The summed E-state index contributed by atoms with van der Waals surface area (Å²) in [5, 5.41) is 3.39. The molecule has 0 radical (unpaired) electrons. The summed E-state index contributed by atoms with van der Waals surface area (Å²) in [6.45, 7) is 6.37. The van der Waals surface area contributed by atoms with E-state index in [0.717, 1.165) is 12.6 Å². The molecule has 0 aliphatic carbocycles. The molecule has 76 valence electrons. The predicted octanol–water partition coefficient (Wildman–Crippen LogP) is 1.60. The first-order valence-corrected chi connectivity index (χ1v) is 4.40. The number of hydrogen-bond acceptors (Lipinski definition) is 4. The highest BCUT2D eigenvalue weighted by molar-refractivity contribution is 6.26. The Labute approximate surface area is 78.9 Å². The summed E-state index contributed by atoms with van der Waals surface area (Å²) in [6.07, 6.45) is 2.20. The van der Waals surface area contributed by atoms with Crippen molar-refractivity contribution in [3.63, 3.8) is 0 Å². The van der Waals surface area contributed by atoms with Crippen LogP contribution in [0.1, 0.15) is 27.2 Å². The molecule has 1 atom stereocenters. The molecule has 0 rings (SSSR count). The van der Waals surface area contributed by atoms with E-state index in [-0.39, 0.29) is 12.6 Å². The minimum atomic E-state index is -0.137. The molecule has 0 amide bonds. The van der Waals surface area contributed by atoms with Gasteiger partial charge in [-0.15, -0.1) is 0 Å². The predicted molar refractivity (Wildman–Crippen MR) is 50.5 cm³/mol. The van der Waals surface area contributed by atoms with Gasteiger partial charge < -0.3 is 9.57 Å². The summed E-state index contributed by atoms with van der Waals surface area (Å²) >= 11 is 0. The summed E-state index contributed by atoms with van der Waals surface area (Å²) < 4.78 is 5.12. The van der Waals surface area contributed by atoms with Crippen LogP contribution in [-0.4, -0.2) is 25.4 Å². The van der Waals surface area contributed by atoms with Gasteiger partial charge >= 0.3 is 0 Å². The van der Waals surface area contributed by atoms with Crippen molar-refractivity contribution in [3.8, 4) is 0 Å². The first-order valence-electron chi connectivity index (χ1n) is 4.40. The Bertz CT molecular complexity index is 168. The highest BCUT2D eigenvalue weighted by atomic mass is 16.7. The summed E-state index contributed by atoms with van der Waals surface area (Å²) in [4.78, 5) is 15.0. The van der Waals surface area contributed by atoms with Crippen LogP contribution in [0.3, 0.4) is 0 Å². The van der Waals surface area contributed by atoms with Gasteiger partial charge in [-0.25, -0.2) is 0 Å². The molecule has 13 heavy (non-hydrogen) atoms. The fraction of sp³-hybridized carbons (Fsp3) is 0.778. The molecule has 0 aromatic carbocycles. The number of rotatable bonds is 7. The zero-order valence-corrected chi connectivity index (χ0v) is 8.45. The van der Waals surface area contributed by atoms with Crippen LogP contribution in [0.2, 0.25) is 0 Å². The molecule has 4 nitrogen and oxygen atoms in total. The third-order valence-electron chi connectivity index (χ3n) is 1.54. The fourth-order valence-corrected chi connectivity index (χ4v) is 0.546. The van der Waals surface area contributed by atoms with Gasteiger partial charge in [0.1, 0.15) is 6.21 Å². The number of ether oxygens (including phenoxy) is 1. The maximum Gasteiger partial charge on any atom is 0.216 e. The average Bonchev–Trinajstić information content (AvgIpc) is 2.10. The highest BCUT2D eigenvalue weighted by Gasteiger charge is 1.97. The van der Waals surface area contributed by atoms with Crippen LogP contribution in [0.15, 0.2) is 5.16 Å². The van der Waals surface area contributed by atoms with Crippen molar-refractivity contribution in [1.29, 1.82) is 0 Å². The smallest absolute Gasteiger partial charge is 0.216 e. The minimum absolute atomic E-state index is 0.105. The Morgan fingerprint density at radius 3 is 2.85 bits per heavy atom. The van der Waals surface area contributed by atoms with E-state index >= 15 is 0 Å². The Morgan fingerprint density at radius 2 is 2.31 bits per heavy atom. The van der Waals surface area contributed by atoms with E-state index in [0.29, 0.717) is 12.5 Å². The molecule has 0 aromatic rings. The van der Waals surface area contributed by atoms with Crippen LogP contribution in [0.4, 0.5) is 0 Å². The molecule has 0 aliphatic heterocycles. The van der Waals surface area contributed by atoms with Crippen molar-refractivity contribution in [2.45, 2.75) is 27.2 Å². The maximum atomic E-state index is 10.4. The molecule has 0 spiro atoms. The Balaban J connectivity index is 3.21. The second-order valence-corrected chi connectivity index (χ2v) is 2.98. The minimum Gasteiger partial charge on any atom is -0.367 e. The van der Waals surface area contributed by atoms with E-state index in [9.17, 15) is 4.79 Å². The van der Waals surface area contributed by atoms with E-state index in [2.05, 4.69) is 23.8 Å². The van der Waals surface area contributed by atoms with Crippen LogP contribution in [0, 0.1) is 5.92 Å². The Hall–Kier alpha value is -0.900. The number of Topliss-reactive ketones (excluding diaryl/α,β-unsaturated/α-hetero) is 1. The number of nitrogens with zero attached hydrogens (tertiary/aromatic N) is 1. The van der Waals surface area contributed by atoms with E-state index in [4.69, 9.17) is 4.74 Å². The Kier molecular flexibility index (Phi) is 7.20. The fourth-order valence-electron chi connectivity index (χ4n) is 0.546. The molecular formula is C9H17NO3. The maximum absolute atomic E-state index is 10.4. The average molecular weight is 187 g/mol.